The number of nitrogens with two attached hydrogens (primary N) is 1. The zero-order chi connectivity index (χ0) is 12.4. The predicted octanol–water partition coefficient (Wildman–Crippen LogP) is 2.82. The van der Waals surface area contributed by atoms with Gasteiger partial charge in [0, 0.05) is 25.3 Å². The largest absolute Gasteiger partial charge is 0.353 e. The van der Waals surface area contributed by atoms with Gasteiger partial charge in [0.2, 0.25) is 0 Å². The Hall–Kier alpha value is -0.800. The highest BCUT2D eigenvalue weighted by Gasteiger charge is 2.25. The molecule has 1 saturated heterocycles. The van der Waals surface area contributed by atoms with Crippen LogP contribution in [0.25, 0.3) is 0 Å². The van der Waals surface area contributed by atoms with Crippen LogP contribution in [0.1, 0.15) is 32.3 Å². The molecule has 1 aromatic rings. The van der Waals surface area contributed by atoms with Gasteiger partial charge in [-0.15, -0.1) is 0 Å². The fourth-order valence-electron chi connectivity index (χ4n) is 2.52. The van der Waals surface area contributed by atoms with Crippen LogP contribution < -0.4 is 10.6 Å². The lowest BCUT2D eigenvalue weighted by atomic mass is 9.93. The van der Waals surface area contributed by atoms with Gasteiger partial charge < -0.3 is 10.6 Å². The second-order valence-electron chi connectivity index (χ2n) is 5.03. The molecule has 4 heteroatoms. The number of nitrogens with zero attached hydrogens (tertiary/aromatic N) is 2. The van der Waals surface area contributed by atoms with Gasteiger partial charge in [-0.2, -0.15) is 0 Å². The smallest absolute Gasteiger partial charge is 0.147 e. The van der Waals surface area contributed by atoms with Crippen LogP contribution in [0.3, 0.4) is 0 Å². The van der Waals surface area contributed by atoms with Crippen molar-refractivity contribution in [3.05, 3.63) is 22.8 Å². The third kappa shape index (κ3) is 2.72. The molecule has 1 aliphatic rings. The lowest BCUT2D eigenvalue weighted by molar-refractivity contribution is 0.376. The van der Waals surface area contributed by atoms with Gasteiger partial charge in [0.25, 0.3) is 0 Å². The van der Waals surface area contributed by atoms with Crippen LogP contribution in [0.2, 0.25) is 5.02 Å². The minimum absolute atomic E-state index is 0.486. The summed E-state index contributed by atoms with van der Waals surface area (Å²) in [7, 11) is 0. The maximum atomic E-state index is 6.28. The van der Waals surface area contributed by atoms with E-state index in [2.05, 4.69) is 23.7 Å². The fourth-order valence-corrected chi connectivity index (χ4v) is 2.81. The molecule has 1 fully saturated rings. The van der Waals surface area contributed by atoms with Crippen LogP contribution in [-0.2, 0) is 6.54 Å². The first-order valence-electron chi connectivity index (χ1n) is 6.23. The van der Waals surface area contributed by atoms with E-state index < -0.39 is 0 Å². The van der Waals surface area contributed by atoms with Crippen LogP contribution in [0, 0.1) is 5.92 Å². The van der Waals surface area contributed by atoms with Crippen molar-refractivity contribution in [1.82, 2.24) is 4.98 Å². The molecule has 2 unspecified atom stereocenters. The summed E-state index contributed by atoms with van der Waals surface area (Å²) in [5.74, 6) is 1.70. The van der Waals surface area contributed by atoms with Crippen molar-refractivity contribution in [2.45, 2.75) is 39.3 Å². The molecule has 0 bridgehead atoms. The number of pyridine rings is 1. The maximum absolute atomic E-state index is 6.28. The van der Waals surface area contributed by atoms with E-state index in [9.17, 15) is 0 Å². The molecule has 1 aromatic heterocycles. The van der Waals surface area contributed by atoms with Crippen LogP contribution in [0.4, 0.5) is 5.82 Å². The molecule has 2 rings (SSSR count). The van der Waals surface area contributed by atoms with Crippen LogP contribution in [0.15, 0.2) is 12.3 Å². The lowest BCUT2D eigenvalue weighted by Crippen LogP contribution is -2.40. The quantitative estimate of drug-likeness (QED) is 0.881. The number of rotatable bonds is 2. The number of hydrogen-bond donors (Lipinski definition) is 1. The van der Waals surface area contributed by atoms with Gasteiger partial charge in [-0.25, -0.2) is 4.98 Å². The van der Waals surface area contributed by atoms with Crippen molar-refractivity contribution in [3.63, 3.8) is 0 Å². The number of piperidine rings is 1. The normalized spacial score (nSPS) is 25.1. The molecule has 94 valence electrons. The average Bonchev–Trinajstić information content (AvgIpc) is 2.30. The monoisotopic (exact) mass is 253 g/mol. The topological polar surface area (TPSA) is 42.2 Å². The summed E-state index contributed by atoms with van der Waals surface area (Å²) in [5, 5.41) is 0.717. The second-order valence-corrected chi connectivity index (χ2v) is 5.43. The zero-order valence-electron chi connectivity index (χ0n) is 10.5. The van der Waals surface area contributed by atoms with Crippen LogP contribution >= 0.6 is 11.6 Å². The summed E-state index contributed by atoms with van der Waals surface area (Å²) in [5.41, 5.74) is 6.56. The Kier molecular flexibility index (Phi) is 3.89. The van der Waals surface area contributed by atoms with Gasteiger partial charge in [0.05, 0.1) is 5.02 Å². The Bertz CT molecular complexity index is 394. The highest BCUT2D eigenvalue weighted by Crippen LogP contribution is 2.31. The minimum atomic E-state index is 0.486. The third-order valence-corrected chi connectivity index (χ3v) is 3.80. The molecule has 2 N–H and O–H groups in total. The van der Waals surface area contributed by atoms with Crippen molar-refractivity contribution in [2.75, 3.05) is 11.4 Å². The summed E-state index contributed by atoms with van der Waals surface area (Å²) in [6, 6.07) is 2.43. The Morgan fingerprint density at radius 1 is 1.53 bits per heavy atom. The van der Waals surface area contributed by atoms with Crippen molar-refractivity contribution in [1.29, 1.82) is 0 Å². The second kappa shape index (κ2) is 5.23. The number of aromatic nitrogens is 1. The first-order chi connectivity index (χ1) is 8.11. The molecule has 0 saturated carbocycles. The molecule has 2 atom stereocenters. The van der Waals surface area contributed by atoms with Gasteiger partial charge in [-0.3, -0.25) is 0 Å². The standard InChI is InChI=1S/C13H20ClN3/c1-9-3-4-17(10(2)5-9)13-12(14)6-11(7-15)8-16-13/h6,8-10H,3-5,7,15H2,1-2H3. The Balaban J connectivity index is 2.22. The summed E-state index contributed by atoms with van der Waals surface area (Å²) in [6.45, 7) is 6.07. The molecule has 1 aliphatic heterocycles. The summed E-state index contributed by atoms with van der Waals surface area (Å²) in [4.78, 5) is 6.77. The highest BCUT2D eigenvalue weighted by atomic mass is 35.5. The van der Waals surface area contributed by atoms with Crippen molar-refractivity contribution in [2.24, 2.45) is 11.7 Å². The van der Waals surface area contributed by atoms with E-state index in [0.29, 0.717) is 17.6 Å². The van der Waals surface area contributed by atoms with E-state index >= 15 is 0 Å². The van der Waals surface area contributed by atoms with Gasteiger partial charge >= 0.3 is 0 Å². The van der Waals surface area contributed by atoms with E-state index in [0.717, 1.165) is 23.8 Å². The summed E-state index contributed by atoms with van der Waals surface area (Å²) < 4.78 is 0. The van der Waals surface area contributed by atoms with Crippen molar-refractivity contribution >= 4 is 17.4 Å². The van der Waals surface area contributed by atoms with Gasteiger partial charge in [0.15, 0.2) is 0 Å². The predicted molar refractivity (Wildman–Crippen MR) is 72.3 cm³/mol. The molecule has 0 aliphatic carbocycles. The molecule has 0 spiro atoms. The maximum Gasteiger partial charge on any atom is 0.147 e. The Morgan fingerprint density at radius 2 is 2.29 bits per heavy atom. The van der Waals surface area contributed by atoms with Crippen LogP contribution in [-0.4, -0.2) is 17.6 Å². The minimum Gasteiger partial charge on any atom is -0.353 e. The average molecular weight is 254 g/mol. The molecule has 0 amide bonds. The van der Waals surface area contributed by atoms with E-state index in [1.807, 2.05) is 12.3 Å². The fraction of sp³-hybridized carbons (Fsp3) is 0.615. The molecule has 2 heterocycles. The zero-order valence-corrected chi connectivity index (χ0v) is 11.2. The number of anilines is 1. The molecule has 0 aromatic carbocycles. The van der Waals surface area contributed by atoms with Gasteiger partial charge in [0.1, 0.15) is 5.82 Å². The van der Waals surface area contributed by atoms with E-state index in [-0.39, 0.29) is 0 Å². The highest BCUT2D eigenvalue weighted by molar-refractivity contribution is 6.33. The molecule has 3 nitrogen and oxygen atoms in total. The Labute approximate surface area is 108 Å². The van der Waals surface area contributed by atoms with E-state index in [4.69, 9.17) is 17.3 Å². The van der Waals surface area contributed by atoms with Crippen molar-refractivity contribution < 1.29 is 0 Å². The molecule has 17 heavy (non-hydrogen) atoms. The van der Waals surface area contributed by atoms with Crippen LogP contribution in [0.5, 0.6) is 0 Å². The van der Waals surface area contributed by atoms with E-state index in [1.54, 1.807) is 0 Å². The van der Waals surface area contributed by atoms with Crippen molar-refractivity contribution in [3.8, 4) is 0 Å². The molecular formula is C13H20ClN3. The lowest BCUT2D eigenvalue weighted by Gasteiger charge is -2.37. The van der Waals surface area contributed by atoms with Gasteiger partial charge in [-0.1, -0.05) is 18.5 Å². The molecule has 0 radical (unpaired) electrons. The first-order valence-corrected chi connectivity index (χ1v) is 6.60. The SMILES string of the molecule is CC1CCN(c2ncc(CN)cc2Cl)C(C)C1. The number of halogens is 1. The number of hydrogen-bond acceptors (Lipinski definition) is 3. The molecular weight excluding hydrogens is 234 g/mol. The van der Waals surface area contributed by atoms with E-state index in [1.165, 1.54) is 12.8 Å². The summed E-state index contributed by atoms with van der Waals surface area (Å²) in [6.07, 6.45) is 4.24. The third-order valence-electron chi connectivity index (χ3n) is 3.52. The Morgan fingerprint density at radius 3 is 2.88 bits per heavy atom. The first kappa shape index (κ1) is 12.7. The van der Waals surface area contributed by atoms with Gasteiger partial charge in [-0.05, 0) is 37.3 Å². The summed E-state index contributed by atoms with van der Waals surface area (Å²) >= 11 is 6.28.